The molecule has 0 aliphatic carbocycles. The second kappa shape index (κ2) is 9.16. The Hall–Kier alpha value is -0.820. The Morgan fingerprint density at radius 1 is 1.06 bits per heavy atom. The van der Waals surface area contributed by atoms with Crippen LogP contribution in [0.25, 0.3) is 0 Å². The zero-order valence-corrected chi connectivity index (χ0v) is 12.1. The van der Waals surface area contributed by atoms with Gasteiger partial charge in [0.15, 0.2) is 0 Å². The van der Waals surface area contributed by atoms with Crippen LogP contribution in [0.1, 0.15) is 69.4 Å². The van der Waals surface area contributed by atoms with E-state index in [1.54, 1.807) is 5.56 Å². The van der Waals surface area contributed by atoms with Crippen molar-refractivity contribution < 1.29 is 0 Å². The molecule has 102 valence electrons. The van der Waals surface area contributed by atoms with Crippen LogP contribution < -0.4 is 5.73 Å². The summed E-state index contributed by atoms with van der Waals surface area (Å²) in [6.45, 7) is 5.36. The maximum absolute atomic E-state index is 5.59. The minimum atomic E-state index is 0.757. The molecule has 1 nitrogen and oxygen atoms in total. The van der Waals surface area contributed by atoms with Crippen LogP contribution in [0.15, 0.2) is 24.3 Å². The van der Waals surface area contributed by atoms with Crippen LogP contribution in [0, 0.1) is 0 Å². The van der Waals surface area contributed by atoms with E-state index in [-0.39, 0.29) is 0 Å². The minimum absolute atomic E-state index is 0.757. The lowest BCUT2D eigenvalue weighted by molar-refractivity contribution is 0.540. The van der Waals surface area contributed by atoms with Crippen LogP contribution in [0.2, 0.25) is 0 Å². The average molecular weight is 247 g/mol. The largest absolute Gasteiger partial charge is 0.330 e. The Balaban J connectivity index is 2.70. The quantitative estimate of drug-likeness (QED) is 0.675. The molecule has 0 spiro atoms. The molecule has 0 saturated heterocycles. The second-order valence-corrected chi connectivity index (χ2v) is 5.27. The van der Waals surface area contributed by atoms with Gasteiger partial charge in [0, 0.05) is 0 Å². The Bertz CT molecular complexity index is 319. The Kier molecular flexibility index (Phi) is 7.75. The summed E-state index contributed by atoms with van der Waals surface area (Å²) in [6, 6.07) is 9.17. The van der Waals surface area contributed by atoms with Gasteiger partial charge in [0.1, 0.15) is 0 Å². The molecule has 0 saturated carbocycles. The number of hydrogen-bond acceptors (Lipinski definition) is 1. The van der Waals surface area contributed by atoms with Gasteiger partial charge in [-0.2, -0.15) is 0 Å². The number of nitrogens with two attached hydrogens (primary N) is 1. The number of unbranched alkanes of at least 4 members (excludes halogenated alkanes) is 1. The SMILES string of the molecule is CCCCC(CCC)c1cccc(CCCN)c1. The van der Waals surface area contributed by atoms with Crippen molar-refractivity contribution in [2.75, 3.05) is 6.54 Å². The summed E-state index contributed by atoms with van der Waals surface area (Å²) in [5.74, 6) is 0.757. The van der Waals surface area contributed by atoms with E-state index in [1.807, 2.05) is 0 Å². The number of rotatable bonds is 9. The summed E-state index contributed by atoms with van der Waals surface area (Å²) >= 11 is 0. The van der Waals surface area contributed by atoms with E-state index in [9.17, 15) is 0 Å². The van der Waals surface area contributed by atoms with Gasteiger partial charge in [0.25, 0.3) is 0 Å². The first kappa shape index (κ1) is 15.2. The summed E-state index contributed by atoms with van der Waals surface area (Å²) in [4.78, 5) is 0. The molecule has 1 heteroatoms. The van der Waals surface area contributed by atoms with Gasteiger partial charge >= 0.3 is 0 Å². The van der Waals surface area contributed by atoms with E-state index in [4.69, 9.17) is 5.73 Å². The molecular weight excluding hydrogens is 218 g/mol. The van der Waals surface area contributed by atoms with E-state index in [0.717, 1.165) is 25.3 Å². The van der Waals surface area contributed by atoms with Crippen molar-refractivity contribution in [2.45, 2.75) is 64.7 Å². The Morgan fingerprint density at radius 2 is 1.89 bits per heavy atom. The third-order valence-electron chi connectivity index (χ3n) is 3.64. The molecule has 0 amide bonds. The molecule has 1 rings (SSSR count). The van der Waals surface area contributed by atoms with Gasteiger partial charge in [0.2, 0.25) is 0 Å². The standard InChI is InChI=1S/C17H29N/c1-3-5-11-16(8-4-2)17-12-6-9-15(14-17)10-7-13-18/h6,9,12,14,16H,3-5,7-8,10-11,13,18H2,1-2H3. The molecule has 18 heavy (non-hydrogen) atoms. The summed E-state index contributed by atoms with van der Waals surface area (Å²) in [5, 5.41) is 0. The molecule has 0 heterocycles. The predicted octanol–water partition coefficient (Wildman–Crippen LogP) is 4.65. The fourth-order valence-corrected chi connectivity index (χ4v) is 2.59. The molecule has 0 bridgehead atoms. The fourth-order valence-electron chi connectivity index (χ4n) is 2.59. The zero-order chi connectivity index (χ0) is 13.2. The fraction of sp³-hybridized carbons (Fsp3) is 0.647. The molecule has 1 unspecified atom stereocenters. The van der Waals surface area contributed by atoms with Crippen LogP contribution in [0.5, 0.6) is 0 Å². The van der Waals surface area contributed by atoms with Gasteiger partial charge < -0.3 is 5.73 Å². The van der Waals surface area contributed by atoms with Crippen LogP contribution in [-0.2, 0) is 6.42 Å². The van der Waals surface area contributed by atoms with Crippen LogP contribution in [0.3, 0.4) is 0 Å². The first-order valence-electron chi connectivity index (χ1n) is 7.60. The molecule has 1 aromatic rings. The van der Waals surface area contributed by atoms with Crippen LogP contribution in [0.4, 0.5) is 0 Å². The lowest BCUT2D eigenvalue weighted by Gasteiger charge is -2.17. The predicted molar refractivity (Wildman–Crippen MR) is 81.0 cm³/mol. The highest BCUT2D eigenvalue weighted by atomic mass is 14.5. The van der Waals surface area contributed by atoms with Crippen LogP contribution in [-0.4, -0.2) is 6.54 Å². The number of aryl methyl sites for hydroxylation is 1. The number of hydrogen-bond donors (Lipinski definition) is 1. The molecule has 1 atom stereocenters. The zero-order valence-electron chi connectivity index (χ0n) is 12.1. The summed E-state index contributed by atoms with van der Waals surface area (Å²) in [6.07, 6.45) is 8.80. The Morgan fingerprint density at radius 3 is 2.56 bits per heavy atom. The highest BCUT2D eigenvalue weighted by Crippen LogP contribution is 2.27. The van der Waals surface area contributed by atoms with Crippen molar-refractivity contribution >= 4 is 0 Å². The third-order valence-corrected chi connectivity index (χ3v) is 3.64. The highest BCUT2D eigenvalue weighted by Gasteiger charge is 2.10. The van der Waals surface area contributed by atoms with Gasteiger partial charge in [-0.1, -0.05) is 57.4 Å². The van der Waals surface area contributed by atoms with Gasteiger partial charge in [-0.15, -0.1) is 0 Å². The monoisotopic (exact) mass is 247 g/mol. The van der Waals surface area contributed by atoms with E-state index < -0.39 is 0 Å². The minimum Gasteiger partial charge on any atom is -0.330 e. The lowest BCUT2D eigenvalue weighted by Crippen LogP contribution is -2.02. The smallest absolute Gasteiger partial charge is 0.00741 e. The van der Waals surface area contributed by atoms with Crippen molar-refractivity contribution in [3.63, 3.8) is 0 Å². The molecule has 0 aliphatic heterocycles. The van der Waals surface area contributed by atoms with E-state index in [1.165, 1.54) is 37.7 Å². The Labute approximate surface area is 113 Å². The van der Waals surface area contributed by atoms with Crippen molar-refractivity contribution in [3.8, 4) is 0 Å². The molecule has 0 fully saturated rings. The van der Waals surface area contributed by atoms with Crippen molar-refractivity contribution in [1.82, 2.24) is 0 Å². The summed E-state index contributed by atoms with van der Waals surface area (Å²) in [5.41, 5.74) is 8.58. The summed E-state index contributed by atoms with van der Waals surface area (Å²) in [7, 11) is 0. The van der Waals surface area contributed by atoms with Crippen molar-refractivity contribution in [2.24, 2.45) is 5.73 Å². The topological polar surface area (TPSA) is 26.0 Å². The average Bonchev–Trinajstić information content (AvgIpc) is 2.41. The van der Waals surface area contributed by atoms with Gasteiger partial charge in [-0.3, -0.25) is 0 Å². The van der Waals surface area contributed by atoms with Crippen molar-refractivity contribution in [1.29, 1.82) is 0 Å². The van der Waals surface area contributed by atoms with E-state index in [2.05, 4.69) is 38.1 Å². The maximum atomic E-state index is 5.59. The molecule has 2 N–H and O–H groups in total. The van der Waals surface area contributed by atoms with Gasteiger partial charge in [-0.25, -0.2) is 0 Å². The van der Waals surface area contributed by atoms with Gasteiger partial charge in [0.05, 0.1) is 0 Å². The number of benzene rings is 1. The molecule has 0 aliphatic rings. The first-order chi connectivity index (χ1) is 8.81. The molecular formula is C17H29N. The molecule has 0 aromatic heterocycles. The molecule has 1 aromatic carbocycles. The first-order valence-corrected chi connectivity index (χ1v) is 7.60. The lowest BCUT2D eigenvalue weighted by atomic mass is 9.88. The van der Waals surface area contributed by atoms with Gasteiger partial charge in [-0.05, 0) is 49.3 Å². The maximum Gasteiger partial charge on any atom is -0.00741 e. The molecule has 0 radical (unpaired) electrons. The normalized spacial score (nSPS) is 12.6. The second-order valence-electron chi connectivity index (χ2n) is 5.27. The van der Waals surface area contributed by atoms with E-state index in [0.29, 0.717) is 0 Å². The van der Waals surface area contributed by atoms with E-state index >= 15 is 0 Å². The highest BCUT2D eigenvalue weighted by molar-refractivity contribution is 5.26. The van der Waals surface area contributed by atoms with Crippen LogP contribution >= 0.6 is 0 Å². The third kappa shape index (κ3) is 5.22. The van der Waals surface area contributed by atoms with Crippen molar-refractivity contribution in [3.05, 3.63) is 35.4 Å². The summed E-state index contributed by atoms with van der Waals surface area (Å²) < 4.78 is 0.